The average molecular weight is 259 g/mol. The van der Waals surface area contributed by atoms with Gasteiger partial charge in [-0.2, -0.15) is 5.10 Å². The molecule has 2 heterocycles. The second kappa shape index (κ2) is 4.66. The number of para-hydroxylation sites is 1. The molecule has 3 rings (SSSR count). The van der Waals surface area contributed by atoms with Gasteiger partial charge in [0.1, 0.15) is 0 Å². The normalized spacial score (nSPS) is 19.3. The van der Waals surface area contributed by atoms with Gasteiger partial charge in [0.15, 0.2) is 5.69 Å². The number of benzene rings is 1. The number of aromatic nitrogens is 2. The molecule has 1 aliphatic rings. The molecule has 1 N–H and O–H groups in total. The van der Waals surface area contributed by atoms with Crippen molar-refractivity contribution in [3.8, 4) is 0 Å². The summed E-state index contributed by atoms with van der Waals surface area (Å²) in [6.45, 7) is 0.728. The van der Waals surface area contributed by atoms with Crippen molar-refractivity contribution in [2.75, 3.05) is 13.2 Å². The van der Waals surface area contributed by atoms with Gasteiger partial charge < -0.3 is 10.0 Å². The monoisotopic (exact) mass is 259 g/mol. The van der Waals surface area contributed by atoms with Crippen LogP contribution in [0.15, 0.2) is 24.3 Å². The van der Waals surface area contributed by atoms with Crippen molar-refractivity contribution in [2.45, 2.75) is 18.9 Å². The van der Waals surface area contributed by atoms with Crippen LogP contribution < -0.4 is 0 Å². The molecule has 0 aliphatic carbocycles. The van der Waals surface area contributed by atoms with Crippen molar-refractivity contribution in [1.82, 2.24) is 14.7 Å². The number of likely N-dealkylation sites (tertiary alicyclic amines) is 1. The number of carbonyl (C=O) groups excluding carboxylic acids is 1. The summed E-state index contributed by atoms with van der Waals surface area (Å²) in [5.74, 6) is -0.0756. The summed E-state index contributed by atoms with van der Waals surface area (Å²) in [6, 6.07) is 7.65. The molecule has 0 radical (unpaired) electrons. The van der Waals surface area contributed by atoms with Crippen LogP contribution in [0.5, 0.6) is 0 Å². The maximum Gasteiger partial charge on any atom is 0.275 e. The Morgan fingerprint density at radius 2 is 2.26 bits per heavy atom. The van der Waals surface area contributed by atoms with E-state index in [4.69, 9.17) is 0 Å². The van der Waals surface area contributed by atoms with Gasteiger partial charge in [-0.3, -0.25) is 9.48 Å². The van der Waals surface area contributed by atoms with Crippen LogP contribution >= 0.6 is 0 Å². The Balaban J connectivity index is 2.02. The molecule has 0 unspecified atom stereocenters. The van der Waals surface area contributed by atoms with E-state index in [9.17, 15) is 9.90 Å². The van der Waals surface area contributed by atoms with Crippen molar-refractivity contribution in [2.24, 2.45) is 7.05 Å². The van der Waals surface area contributed by atoms with Gasteiger partial charge in [-0.15, -0.1) is 0 Å². The molecule has 1 atom stereocenters. The van der Waals surface area contributed by atoms with Crippen molar-refractivity contribution in [1.29, 1.82) is 0 Å². The molecule has 2 aromatic rings. The number of carbonyl (C=O) groups is 1. The summed E-state index contributed by atoms with van der Waals surface area (Å²) < 4.78 is 1.73. The van der Waals surface area contributed by atoms with Crippen molar-refractivity contribution in [3.63, 3.8) is 0 Å². The number of amides is 1. The fourth-order valence-corrected chi connectivity index (χ4v) is 2.80. The predicted molar refractivity (Wildman–Crippen MR) is 71.9 cm³/mol. The van der Waals surface area contributed by atoms with Crippen LogP contribution in [0.3, 0.4) is 0 Å². The lowest BCUT2D eigenvalue weighted by Crippen LogP contribution is -2.37. The zero-order chi connectivity index (χ0) is 13.4. The molecule has 0 saturated carbocycles. The Kier molecular flexibility index (Phi) is 2.98. The van der Waals surface area contributed by atoms with Crippen LogP contribution in [0.4, 0.5) is 0 Å². The first kappa shape index (κ1) is 12.2. The molecule has 0 spiro atoms. The number of aryl methyl sites for hydroxylation is 1. The molecule has 1 aromatic heterocycles. The third-order valence-electron chi connectivity index (χ3n) is 3.81. The average Bonchev–Trinajstić information content (AvgIpc) is 3.03. The maximum atomic E-state index is 12.6. The van der Waals surface area contributed by atoms with Crippen LogP contribution in [-0.2, 0) is 7.05 Å². The summed E-state index contributed by atoms with van der Waals surface area (Å²) in [4.78, 5) is 14.3. The minimum Gasteiger partial charge on any atom is -0.394 e. The van der Waals surface area contributed by atoms with Crippen LogP contribution in [0.2, 0.25) is 0 Å². The first-order chi connectivity index (χ1) is 9.22. The Labute approximate surface area is 111 Å². The molecule has 100 valence electrons. The number of aliphatic hydroxyl groups excluding tert-OH is 1. The van der Waals surface area contributed by atoms with Gasteiger partial charge in [0, 0.05) is 19.0 Å². The molecule has 19 heavy (non-hydrogen) atoms. The number of fused-ring (bicyclic) bond motifs is 1. The lowest BCUT2D eigenvalue weighted by molar-refractivity contribution is 0.0673. The Bertz CT molecular complexity index is 620. The van der Waals surface area contributed by atoms with E-state index in [-0.39, 0.29) is 18.6 Å². The Morgan fingerprint density at radius 1 is 1.47 bits per heavy atom. The zero-order valence-corrected chi connectivity index (χ0v) is 10.9. The van der Waals surface area contributed by atoms with Crippen molar-refractivity contribution >= 4 is 16.8 Å². The van der Waals surface area contributed by atoms with Gasteiger partial charge >= 0.3 is 0 Å². The van der Waals surface area contributed by atoms with E-state index in [1.807, 2.05) is 31.3 Å². The molecule has 1 fully saturated rings. The molecular formula is C14H17N3O2. The second-order valence-electron chi connectivity index (χ2n) is 4.97. The van der Waals surface area contributed by atoms with Crippen LogP contribution in [-0.4, -0.2) is 44.9 Å². The summed E-state index contributed by atoms with van der Waals surface area (Å²) in [5.41, 5.74) is 1.43. The van der Waals surface area contributed by atoms with Gasteiger partial charge in [0.05, 0.1) is 18.2 Å². The zero-order valence-electron chi connectivity index (χ0n) is 10.9. The SMILES string of the molecule is Cn1nc(C(=O)N2CCC[C@H]2CO)c2ccccc21. The molecule has 0 bridgehead atoms. The quantitative estimate of drug-likeness (QED) is 0.880. The molecule has 1 saturated heterocycles. The van der Waals surface area contributed by atoms with E-state index >= 15 is 0 Å². The predicted octanol–water partition coefficient (Wildman–Crippen LogP) is 1.17. The maximum absolute atomic E-state index is 12.6. The summed E-state index contributed by atoms with van der Waals surface area (Å²) in [6.07, 6.45) is 1.81. The van der Waals surface area contributed by atoms with Gasteiger partial charge in [-0.25, -0.2) is 0 Å². The summed E-state index contributed by atoms with van der Waals surface area (Å²) in [5, 5.41) is 14.6. The molecular weight excluding hydrogens is 242 g/mol. The number of nitrogens with zero attached hydrogens (tertiary/aromatic N) is 3. The highest BCUT2D eigenvalue weighted by Gasteiger charge is 2.31. The van der Waals surface area contributed by atoms with E-state index in [2.05, 4.69) is 5.10 Å². The van der Waals surface area contributed by atoms with Crippen LogP contribution in [0, 0.1) is 0 Å². The largest absolute Gasteiger partial charge is 0.394 e. The second-order valence-corrected chi connectivity index (χ2v) is 4.97. The molecule has 1 amide bonds. The molecule has 1 aliphatic heterocycles. The van der Waals surface area contributed by atoms with Crippen LogP contribution in [0.25, 0.3) is 10.9 Å². The minimum absolute atomic E-state index is 0.0243. The topological polar surface area (TPSA) is 58.4 Å². The summed E-state index contributed by atoms with van der Waals surface area (Å²) >= 11 is 0. The van der Waals surface area contributed by atoms with Gasteiger partial charge in [-0.1, -0.05) is 18.2 Å². The minimum atomic E-state index is -0.0756. The first-order valence-electron chi connectivity index (χ1n) is 6.56. The molecule has 5 heteroatoms. The Morgan fingerprint density at radius 3 is 3.05 bits per heavy atom. The highest BCUT2D eigenvalue weighted by atomic mass is 16.3. The molecule has 1 aromatic carbocycles. The number of hydrogen-bond acceptors (Lipinski definition) is 3. The third kappa shape index (κ3) is 1.90. The number of rotatable bonds is 2. The fourth-order valence-electron chi connectivity index (χ4n) is 2.80. The van der Waals surface area contributed by atoms with E-state index in [1.165, 1.54) is 0 Å². The van der Waals surface area contributed by atoms with Crippen molar-refractivity contribution in [3.05, 3.63) is 30.0 Å². The fraction of sp³-hybridized carbons (Fsp3) is 0.429. The van der Waals surface area contributed by atoms with Gasteiger partial charge in [0.25, 0.3) is 5.91 Å². The smallest absolute Gasteiger partial charge is 0.275 e. The Hall–Kier alpha value is -1.88. The van der Waals surface area contributed by atoms with E-state index in [0.717, 1.165) is 23.7 Å². The lowest BCUT2D eigenvalue weighted by Gasteiger charge is -2.22. The highest BCUT2D eigenvalue weighted by molar-refractivity contribution is 6.05. The van der Waals surface area contributed by atoms with E-state index in [0.29, 0.717) is 12.2 Å². The summed E-state index contributed by atoms with van der Waals surface area (Å²) in [7, 11) is 1.84. The highest BCUT2D eigenvalue weighted by Crippen LogP contribution is 2.23. The number of hydrogen-bond donors (Lipinski definition) is 1. The van der Waals surface area contributed by atoms with E-state index in [1.54, 1.807) is 9.58 Å². The third-order valence-corrected chi connectivity index (χ3v) is 3.81. The van der Waals surface area contributed by atoms with E-state index < -0.39 is 0 Å². The van der Waals surface area contributed by atoms with Gasteiger partial charge in [0.2, 0.25) is 0 Å². The standard InChI is InChI=1S/C14H17N3O2/c1-16-12-7-3-2-6-11(12)13(15-16)14(19)17-8-4-5-10(17)9-18/h2-3,6-7,10,18H,4-5,8-9H2,1H3/t10-/m0/s1. The van der Waals surface area contributed by atoms with Crippen LogP contribution in [0.1, 0.15) is 23.3 Å². The lowest BCUT2D eigenvalue weighted by atomic mass is 10.2. The van der Waals surface area contributed by atoms with Crippen molar-refractivity contribution < 1.29 is 9.90 Å². The molecule has 5 nitrogen and oxygen atoms in total. The van der Waals surface area contributed by atoms with Gasteiger partial charge in [-0.05, 0) is 18.9 Å². The number of aliphatic hydroxyl groups is 1. The first-order valence-corrected chi connectivity index (χ1v) is 6.56.